The van der Waals surface area contributed by atoms with Crippen LogP contribution in [0.3, 0.4) is 0 Å². The molecule has 0 unspecified atom stereocenters. The summed E-state index contributed by atoms with van der Waals surface area (Å²) in [5.41, 5.74) is -4.32. The standard InChI is InChI=1S/C10H10F3N3O2/c1-3-7(17)16-9(10(11,12)13)6(4-14)5(2)15-8(9)18/h3H2,1-2H3,(H,15,18)(H,16,17)/t9-/m1/s1. The van der Waals surface area contributed by atoms with E-state index in [4.69, 9.17) is 5.26 Å². The Morgan fingerprint density at radius 2 is 2.11 bits per heavy atom. The van der Waals surface area contributed by atoms with Crippen LogP contribution in [0.15, 0.2) is 11.3 Å². The first-order chi connectivity index (χ1) is 8.20. The van der Waals surface area contributed by atoms with Crippen LogP contribution in [0.2, 0.25) is 0 Å². The predicted octanol–water partition coefficient (Wildman–Crippen LogP) is 0.741. The van der Waals surface area contributed by atoms with Crippen molar-refractivity contribution in [3.63, 3.8) is 0 Å². The predicted molar refractivity (Wildman–Crippen MR) is 53.7 cm³/mol. The third-order valence-electron chi connectivity index (χ3n) is 2.58. The lowest BCUT2D eigenvalue weighted by Crippen LogP contribution is -2.64. The van der Waals surface area contributed by atoms with Gasteiger partial charge in [0.15, 0.2) is 0 Å². The molecule has 98 valence electrons. The lowest BCUT2D eigenvalue weighted by molar-refractivity contribution is -0.189. The van der Waals surface area contributed by atoms with Gasteiger partial charge in [0, 0.05) is 12.1 Å². The van der Waals surface area contributed by atoms with Crippen LogP contribution >= 0.6 is 0 Å². The second-order valence-electron chi connectivity index (χ2n) is 3.72. The number of rotatable bonds is 2. The number of carbonyl (C=O) groups is 2. The normalized spacial score (nSPS) is 23.7. The number of nitriles is 1. The fourth-order valence-electron chi connectivity index (χ4n) is 1.65. The van der Waals surface area contributed by atoms with Crippen molar-refractivity contribution in [1.29, 1.82) is 5.26 Å². The molecule has 1 atom stereocenters. The van der Waals surface area contributed by atoms with Crippen molar-refractivity contribution in [2.75, 3.05) is 0 Å². The Balaban J connectivity index is 3.43. The van der Waals surface area contributed by atoms with Crippen LogP contribution in [0.1, 0.15) is 20.3 Å². The minimum Gasteiger partial charge on any atom is -0.330 e. The van der Waals surface area contributed by atoms with Crippen LogP contribution < -0.4 is 10.6 Å². The maximum Gasteiger partial charge on any atom is 0.425 e. The number of nitrogens with zero attached hydrogens (tertiary/aromatic N) is 1. The molecule has 0 bridgehead atoms. The first-order valence-corrected chi connectivity index (χ1v) is 5.01. The van der Waals surface area contributed by atoms with Crippen LogP contribution in [0.5, 0.6) is 0 Å². The molecule has 0 saturated heterocycles. The molecule has 0 spiro atoms. The van der Waals surface area contributed by atoms with Crippen molar-refractivity contribution in [2.45, 2.75) is 32.0 Å². The Kier molecular flexibility index (Phi) is 3.37. The van der Waals surface area contributed by atoms with Crippen molar-refractivity contribution in [3.05, 3.63) is 11.3 Å². The van der Waals surface area contributed by atoms with E-state index in [0.29, 0.717) is 0 Å². The summed E-state index contributed by atoms with van der Waals surface area (Å²) in [4.78, 5) is 22.7. The molecule has 0 aliphatic carbocycles. The third-order valence-corrected chi connectivity index (χ3v) is 2.58. The van der Waals surface area contributed by atoms with Gasteiger partial charge in [-0.05, 0) is 6.92 Å². The van der Waals surface area contributed by atoms with Gasteiger partial charge in [0.05, 0.1) is 11.6 Å². The third kappa shape index (κ3) is 1.81. The van der Waals surface area contributed by atoms with Crippen LogP contribution in [0.25, 0.3) is 0 Å². The van der Waals surface area contributed by atoms with Gasteiger partial charge in [-0.1, -0.05) is 6.92 Å². The van der Waals surface area contributed by atoms with Crippen molar-refractivity contribution < 1.29 is 22.8 Å². The van der Waals surface area contributed by atoms with Crippen molar-refractivity contribution in [2.24, 2.45) is 0 Å². The van der Waals surface area contributed by atoms with Gasteiger partial charge in [0.25, 0.3) is 11.4 Å². The van der Waals surface area contributed by atoms with E-state index < -0.39 is 29.1 Å². The highest BCUT2D eigenvalue weighted by Crippen LogP contribution is 2.40. The molecule has 2 amide bonds. The Morgan fingerprint density at radius 1 is 1.56 bits per heavy atom. The van der Waals surface area contributed by atoms with Gasteiger partial charge >= 0.3 is 6.18 Å². The zero-order valence-electron chi connectivity index (χ0n) is 9.60. The zero-order chi connectivity index (χ0) is 14.1. The molecule has 0 aromatic carbocycles. The van der Waals surface area contributed by atoms with Crippen molar-refractivity contribution >= 4 is 11.8 Å². The summed E-state index contributed by atoms with van der Waals surface area (Å²) in [6.07, 6.45) is -5.33. The lowest BCUT2D eigenvalue weighted by Gasteiger charge is -2.30. The summed E-state index contributed by atoms with van der Waals surface area (Å²) in [6, 6.07) is 1.33. The second kappa shape index (κ2) is 4.33. The van der Waals surface area contributed by atoms with Crippen molar-refractivity contribution in [1.82, 2.24) is 10.6 Å². The molecule has 0 saturated carbocycles. The quantitative estimate of drug-likeness (QED) is 0.769. The monoisotopic (exact) mass is 261 g/mol. The van der Waals surface area contributed by atoms with Crippen LogP contribution in [-0.4, -0.2) is 23.5 Å². The fraction of sp³-hybridized carbons (Fsp3) is 0.500. The zero-order valence-corrected chi connectivity index (χ0v) is 9.60. The molecule has 1 aliphatic heterocycles. The summed E-state index contributed by atoms with van der Waals surface area (Å²) in [6.45, 7) is 2.51. The molecule has 1 rings (SSSR count). The second-order valence-corrected chi connectivity index (χ2v) is 3.72. The van der Waals surface area contributed by atoms with E-state index in [9.17, 15) is 22.8 Å². The Hall–Kier alpha value is -2.04. The Morgan fingerprint density at radius 3 is 2.50 bits per heavy atom. The highest BCUT2D eigenvalue weighted by atomic mass is 19.4. The molecular weight excluding hydrogens is 251 g/mol. The Labute approximate surface area is 101 Å². The van der Waals surface area contributed by atoms with E-state index in [-0.39, 0.29) is 12.1 Å². The van der Waals surface area contributed by atoms with E-state index in [2.05, 4.69) is 0 Å². The Bertz CT molecular complexity index is 476. The van der Waals surface area contributed by atoms with E-state index in [1.807, 2.05) is 5.32 Å². The average molecular weight is 261 g/mol. The van der Waals surface area contributed by atoms with Gasteiger partial charge in [0.1, 0.15) is 0 Å². The van der Waals surface area contributed by atoms with E-state index in [1.165, 1.54) is 19.9 Å². The number of carbonyl (C=O) groups excluding carboxylic acids is 2. The van der Waals surface area contributed by atoms with Gasteiger partial charge < -0.3 is 10.6 Å². The van der Waals surface area contributed by atoms with Crippen LogP contribution in [-0.2, 0) is 9.59 Å². The molecule has 18 heavy (non-hydrogen) atoms. The summed E-state index contributed by atoms with van der Waals surface area (Å²) in [5, 5.41) is 12.3. The number of hydrogen-bond donors (Lipinski definition) is 2. The number of hydrogen-bond acceptors (Lipinski definition) is 3. The molecule has 0 radical (unpaired) electrons. The molecule has 0 aromatic heterocycles. The van der Waals surface area contributed by atoms with E-state index >= 15 is 0 Å². The molecular formula is C10H10F3N3O2. The maximum atomic E-state index is 13.1. The van der Waals surface area contributed by atoms with Crippen LogP contribution in [0.4, 0.5) is 13.2 Å². The molecule has 5 nitrogen and oxygen atoms in total. The number of nitrogens with one attached hydrogen (secondary N) is 2. The largest absolute Gasteiger partial charge is 0.425 e. The number of alkyl halides is 3. The molecule has 0 fully saturated rings. The van der Waals surface area contributed by atoms with E-state index in [0.717, 1.165) is 0 Å². The van der Waals surface area contributed by atoms with Gasteiger partial charge in [-0.25, -0.2) is 0 Å². The topological polar surface area (TPSA) is 82.0 Å². The molecule has 1 heterocycles. The van der Waals surface area contributed by atoms with Gasteiger partial charge in [-0.2, -0.15) is 18.4 Å². The van der Waals surface area contributed by atoms with Crippen LogP contribution in [0, 0.1) is 11.3 Å². The minimum atomic E-state index is -5.09. The summed E-state index contributed by atoms with van der Waals surface area (Å²) >= 11 is 0. The molecule has 0 aromatic rings. The molecule has 1 aliphatic rings. The highest BCUT2D eigenvalue weighted by molar-refractivity contribution is 6.00. The minimum absolute atomic E-state index is 0.212. The average Bonchev–Trinajstić information content (AvgIpc) is 2.49. The SMILES string of the molecule is CCC(=O)N[C@@]1(C(F)(F)F)C(=O)NC(C)=C1C#N. The van der Waals surface area contributed by atoms with Gasteiger partial charge in [0.2, 0.25) is 5.91 Å². The lowest BCUT2D eigenvalue weighted by atomic mass is 9.90. The summed E-state index contributed by atoms with van der Waals surface area (Å²) in [5.74, 6) is -2.43. The molecule has 2 N–H and O–H groups in total. The summed E-state index contributed by atoms with van der Waals surface area (Å²) in [7, 11) is 0. The smallest absolute Gasteiger partial charge is 0.330 e. The maximum absolute atomic E-state index is 13.1. The van der Waals surface area contributed by atoms with Crippen molar-refractivity contribution in [3.8, 4) is 6.07 Å². The first-order valence-electron chi connectivity index (χ1n) is 5.01. The number of allylic oxidation sites excluding steroid dienone is 1. The summed E-state index contributed by atoms with van der Waals surface area (Å²) < 4.78 is 39.3. The fourth-order valence-corrected chi connectivity index (χ4v) is 1.65. The highest BCUT2D eigenvalue weighted by Gasteiger charge is 2.67. The molecule has 8 heteroatoms. The van der Waals surface area contributed by atoms with E-state index in [1.54, 1.807) is 5.32 Å². The number of halogens is 3. The van der Waals surface area contributed by atoms with Gasteiger partial charge in [-0.15, -0.1) is 0 Å². The van der Waals surface area contributed by atoms with Gasteiger partial charge in [-0.3, -0.25) is 9.59 Å². The number of amides is 2. The first kappa shape index (κ1) is 14.0.